The third-order valence-corrected chi connectivity index (χ3v) is 7.98. The van der Waals surface area contributed by atoms with E-state index < -0.39 is 6.49 Å². The molecule has 5 nitrogen and oxygen atoms in total. The molecule has 116 valence electrons. The Morgan fingerprint density at radius 1 is 1.33 bits per heavy atom. The molecule has 21 heavy (non-hydrogen) atoms. The molecule has 1 unspecified atom stereocenters. The van der Waals surface area contributed by atoms with Gasteiger partial charge in [-0.1, -0.05) is 23.7 Å². The van der Waals surface area contributed by atoms with Gasteiger partial charge in [-0.05, 0) is 43.6 Å². The van der Waals surface area contributed by atoms with Crippen molar-refractivity contribution >= 4 is 36.1 Å². The van der Waals surface area contributed by atoms with E-state index in [9.17, 15) is 0 Å². The minimum absolute atomic E-state index is 0.715. The first-order valence-corrected chi connectivity index (χ1v) is 9.78. The van der Waals surface area contributed by atoms with Crippen LogP contribution in [-0.2, 0) is 16.5 Å². The van der Waals surface area contributed by atoms with Crippen LogP contribution in [-0.4, -0.2) is 56.0 Å². The van der Waals surface area contributed by atoms with Gasteiger partial charge in [0.15, 0.2) is 6.49 Å². The van der Waals surface area contributed by atoms with Crippen molar-refractivity contribution in [2.24, 2.45) is 5.10 Å². The van der Waals surface area contributed by atoms with Crippen molar-refractivity contribution in [3.8, 4) is 0 Å². The third-order valence-electron chi connectivity index (χ3n) is 3.18. The van der Waals surface area contributed by atoms with Gasteiger partial charge in [-0.2, -0.15) is 5.10 Å². The Labute approximate surface area is 136 Å². The van der Waals surface area contributed by atoms with Crippen molar-refractivity contribution < 1.29 is 4.74 Å². The number of nitrogens with zero attached hydrogens (tertiary/aromatic N) is 3. The molecule has 1 heterocycles. The number of benzene rings is 1. The van der Waals surface area contributed by atoms with E-state index in [2.05, 4.69) is 15.0 Å². The molecule has 0 amide bonds. The van der Waals surface area contributed by atoms with Crippen LogP contribution >= 0.6 is 18.1 Å². The first kappa shape index (κ1) is 16.9. The smallest absolute Gasteiger partial charge is 0.182 e. The van der Waals surface area contributed by atoms with Crippen LogP contribution in [0, 0.1) is 0 Å². The largest absolute Gasteiger partial charge is 0.379 e. The highest BCUT2D eigenvalue weighted by atomic mass is 35.5. The maximum atomic E-state index is 5.86. The van der Waals surface area contributed by atoms with Gasteiger partial charge < -0.3 is 4.74 Å². The van der Waals surface area contributed by atoms with E-state index in [1.807, 2.05) is 43.0 Å². The molecule has 8 heteroatoms. The van der Waals surface area contributed by atoms with E-state index in [0.717, 1.165) is 31.9 Å². The van der Waals surface area contributed by atoms with Gasteiger partial charge in [-0.15, -0.1) is 0 Å². The summed E-state index contributed by atoms with van der Waals surface area (Å²) in [4.78, 5) is 0. The Hall–Kier alpha value is -0.490. The molecule has 2 rings (SSSR count). The number of hydrazone groups is 1. The van der Waals surface area contributed by atoms with Crippen LogP contribution in [0.15, 0.2) is 29.4 Å². The lowest BCUT2D eigenvalue weighted by Crippen LogP contribution is -2.40. The molecule has 1 aliphatic rings. The zero-order chi connectivity index (χ0) is 15.3. The summed E-state index contributed by atoms with van der Waals surface area (Å²) >= 11 is 11.7. The van der Waals surface area contributed by atoms with Gasteiger partial charge in [-0.25, -0.2) is 4.67 Å². The summed E-state index contributed by atoms with van der Waals surface area (Å²) in [6, 6.07) is 7.52. The van der Waals surface area contributed by atoms with E-state index in [1.54, 1.807) is 6.21 Å². The second-order valence-electron chi connectivity index (χ2n) is 4.87. The van der Waals surface area contributed by atoms with Gasteiger partial charge in [0.2, 0.25) is 0 Å². The molecular formula is C13H20ClN4OPS. The molecule has 1 saturated heterocycles. The molecule has 1 fully saturated rings. The van der Waals surface area contributed by atoms with Crippen molar-refractivity contribution in [1.29, 1.82) is 0 Å². The first-order chi connectivity index (χ1) is 10.0. The lowest BCUT2D eigenvalue weighted by Gasteiger charge is -2.40. The highest BCUT2D eigenvalue weighted by molar-refractivity contribution is 8.11. The number of hydrogen-bond donors (Lipinski definition) is 1. The predicted octanol–water partition coefficient (Wildman–Crippen LogP) is 2.38. The molecule has 1 N–H and O–H groups in total. The number of ether oxygens (including phenoxy) is 1. The lowest BCUT2D eigenvalue weighted by atomic mass is 10.2. The summed E-state index contributed by atoms with van der Waals surface area (Å²) < 4.78 is 9.70. The normalized spacial score (nSPS) is 19.8. The molecule has 0 saturated carbocycles. The van der Waals surface area contributed by atoms with Gasteiger partial charge in [0.25, 0.3) is 0 Å². The van der Waals surface area contributed by atoms with Crippen LogP contribution in [0.5, 0.6) is 0 Å². The average Bonchev–Trinajstić information content (AvgIpc) is 2.50. The Balaban J connectivity index is 2.05. The van der Waals surface area contributed by atoms with E-state index in [-0.39, 0.29) is 0 Å². The number of rotatable bonds is 5. The SMILES string of the molecule is CN(C)P(=S)(N/N=C/c1ccc(Cl)cc1)N1CCOCC1. The van der Waals surface area contributed by atoms with Gasteiger partial charge in [0.05, 0.1) is 19.4 Å². The molecule has 1 aromatic rings. The predicted molar refractivity (Wildman–Crippen MR) is 92.5 cm³/mol. The first-order valence-electron chi connectivity index (χ1n) is 6.69. The minimum Gasteiger partial charge on any atom is -0.379 e. The van der Waals surface area contributed by atoms with Crippen LogP contribution in [0.4, 0.5) is 0 Å². The van der Waals surface area contributed by atoms with E-state index in [4.69, 9.17) is 28.1 Å². The van der Waals surface area contributed by atoms with Crippen LogP contribution in [0.25, 0.3) is 0 Å². The van der Waals surface area contributed by atoms with E-state index in [1.165, 1.54) is 0 Å². The fourth-order valence-electron chi connectivity index (χ4n) is 1.96. The van der Waals surface area contributed by atoms with E-state index >= 15 is 0 Å². The summed E-state index contributed by atoms with van der Waals surface area (Å²) in [6.07, 6.45) is 1.77. The van der Waals surface area contributed by atoms with Crippen LogP contribution in [0.2, 0.25) is 5.02 Å². The fourth-order valence-corrected chi connectivity index (χ4v) is 4.44. The summed E-state index contributed by atoms with van der Waals surface area (Å²) in [5, 5.41) is 8.24. The fraction of sp³-hybridized carbons (Fsp3) is 0.462. The van der Waals surface area contributed by atoms with E-state index in [0.29, 0.717) is 5.02 Å². The number of halogens is 1. The highest BCUT2D eigenvalue weighted by Crippen LogP contribution is 2.47. The summed E-state index contributed by atoms with van der Waals surface area (Å²) in [5.74, 6) is 0. The molecule has 0 bridgehead atoms. The van der Waals surface area contributed by atoms with Crippen LogP contribution in [0.1, 0.15) is 5.56 Å². The maximum absolute atomic E-state index is 5.86. The minimum atomic E-state index is -2.07. The molecule has 1 aliphatic heterocycles. The highest BCUT2D eigenvalue weighted by Gasteiger charge is 2.29. The quantitative estimate of drug-likeness (QED) is 0.503. The van der Waals surface area contributed by atoms with Gasteiger partial charge >= 0.3 is 0 Å². The molecule has 0 aliphatic carbocycles. The van der Waals surface area contributed by atoms with Gasteiger partial charge in [0.1, 0.15) is 0 Å². The van der Waals surface area contributed by atoms with Crippen molar-refractivity contribution in [2.45, 2.75) is 0 Å². The number of nitrogens with one attached hydrogen (secondary N) is 1. The standard InChI is InChI=1S/C13H20ClN4OPS/c1-17(2)20(21,18-7-9-19-10-8-18)16-15-11-12-3-5-13(14)6-4-12/h3-6,11H,7-10H2,1-2H3,(H,16,21)/b15-11+. The molecule has 0 aromatic heterocycles. The molecular weight excluding hydrogens is 327 g/mol. The van der Waals surface area contributed by atoms with Crippen molar-refractivity contribution in [2.75, 3.05) is 40.4 Å². The number of hydrogen-bond acceptors (Lipinski definition) is 3. The van der Waals surface area contributed by atoms with Crippen molar-refractivity contribution in [1.82, 2.24) is 14.5 Å². The molecule has 1 atom stereocenters. The third kappa shape index (κ3) is 4.49. The molecule has 0 radical (unpaired) electrons. The Kier molecular flexibility index (Phi) is 6.17. The summed E-state index contributed by atoms with van der Waals surface area (Å²) in [5.41, 5.74) is 0.981. The summed E-state index contributed by atoms with van der Waals surface area (Å²) in [7, 11) is 3.97. The van der Waals surface area contributed by atoms with Gasteiger partial charge in [0, 0.05) is 18.1 Å². The zero-order valence-electron chi connectivity index (χ0n) is 12.2. The average molecular weight is 347 g/mol. The topological polar surface area (TPSA) is 40.1 Å². The summed E-state index contributed by atoms with van der Waals surface area (Å²) in [6.45, 7) is 1.03. The molecule has 0 spiro atoms. The molecule has 1 aromatic carbocycles. The second kappa shape index (κ2) is 7.68. The Bertz CT molecular complexity index is 531. The van der Waals surface area contributed by atoms with Gasteiger partial charge in [-0.3, -0.25) is 9.87 Å². The van der Waals surface area contributed by atoms with Crippen molar-refractivity contribution in [3.05, 3.63) is 34.9 Å². The number of morpholine rings is 1. The maximum Gasteiger partial charge on any atom is 0.182 e. The Morgan fingerprint density at radius 2 is 1.95 bits per heavy atom. The Morgan fingerprint density at radius 3 is 2.52 bits per heavy atom. The second-order valence-corrected chi connectivity index (χ2v) is 9.48. The zero-order valence-corrected chi connectivity index (χ0v) is 14.7. The van der Waals surface area contributed by atoms with Crippen LogP contribution in [0.3, 0.4) is 0 Å². The monoisotopic (exact) mass is 346 g/mol. The lowest BCUT2D eigenvalue weighted by molar-refractivity contribution is 0.0722. The van der Waals surface area contributed by atoms with Crippen LogP contribution < -0.4 is 5.20 Å². The van der Waals surface area contributed by atoms with Crippen molar-refractivity contribution in [3.63, 3.8) is 0 Å².